The van der Waals surface area contributed by atoms with Crippen molar-refractivity contribution in [3.8, 4) is 5.75 Å². The lowest BCUT2D eigenvalue weighted by Crippen LogP contribution is -2.37. The summed E-state index contributed by atoms with van der Waals surface area (Å²) in [6.07, 6.45) is 3.60. The molecule has 1 fully saturated rings. The molecule has 1 saturated heterocycles. The normalized spacial score (nSPS) is 15.1. The Balaban J connectivity index is 1.87. The third-order valence-electron chi connectivity index (χ3n) is 5.56. The van der Waals surface area contributed by atoms with E-state index in [1.165, 1.54) is 29.6 Å². The molecule has 0 radical (unpaired) electrons. The number of hydrogen-bond acceptors (Lipinski definition) is 6. The third kappa shape index (κ3) is 6.08. The Morgan fingerprint density at radius 1 is 1.00 bits per heavy atom. The van der Waals surface area contributed by atoms with Crippen molar-refractivity contribution in [2.24, 2.45) is 0 Å². The van der Waals surface area contributed by atoms with E-state index in [1.54, 1.807) is 12.1 Å². The second-order valence-electron chi connectivity index (χ2n) is 8.49. The Bertz CT molecular complexity index is 1250. The number of hydrogen-bond donors (Lipinski definition) is 1. The maximum atomic E-state index is 13.2. The molecule has 0 unspecified atom stereocenters. The van der Waals surface area contributed by atoms with Crippen LogP contribution in [0.2, 0.25) is 0 Å². The van der Waals surface area contributed by atoms with Crippen LogP contribution in [-0.2, 0) is 24.8 Å². The first-order valence-corrected chi connectivity index (χ1v) is 14.2. The van der Waals surface area contributed by atoms with Gasteiger partial charge in [0, 0.05) is 18.8 Å². The number of carbonyl (C=O) groups is 1. The first-order chi connectivity index (χ1) is 15.9. The molecule has 186 valence electrons. The fourth-order valence-electron chi connectivity index (χ4n) is 4.03. The number of aryl methyl sites for hydroxylation is 2. The minimum absolute atomic E-state index is 0.0380. The van der Waals surface area contributed by atoms with Gasteiger partial charge in [-0.25, -0.2) is 16.8 Å². The van der Waals surface area contributed by atoms with Crippen molar-refractivity contribution in [3.63, 3.8) is 0 Å². The number of carbonyl (C=O) groups excluding carboxylic acids is 1. The number of sulfonamides is 2. The first-order valence-electron chi connectivity index (χ1n) is 11.0. The molecule has 1 heterocycles. The van der Waals surface area contributed by atoms with E-state index in [0.29, 0.717) is 18.8 Å². The predicted octanol–water partition coefficient (Wildman–Crippen LogP) is 2.89. The number of methoxy groups -OCH3 is 1. The van der Waals surface area contributed by atoms with Gasteiger partial charge in [0.1, 0.15) is 17.2 Å². The van der Waals surface area contributed by atoms with Gasteiger partial charge in [0.05, 0.1) is 19.1 Å². The van der Waals surface area contributed by atoms with Crippen molar-refractivity contribution < 1.29 is 26.4 Å². The topological polar surface area (TPSA) is 113 Å². The number of benzene rings is 2. The highest BCUT2D eigenvalue weighted by atomic mass is 32.2. The molecular weight excluding hydrogens is 478 g/mol. The highest BCUT2D eigenvalue weighted by molar-refractivity contribution is 7.92. The summed E-state index contributed by atoms with van der Waals surface area (Å²) in [5, 5.41) is 2.63. The zero-order valence-electron chi connectivity index (χ0n) is 19.9. The number of rotatable bonds is 8. The Hall–Kier alpha value is -2.63. The molecule has 9 nitrogen and oxygen atoms in total. The van der Waals surface area contributed by atoms with Crippen molar-refractivity contribution >= 4 is 37.3 Å². The molecule has 0 bridgehead atoms. The Labute approximate surface area is 201 Å². The predicted molar refractivity (Wildman–Crippen MR) is 132 cm³/mol. The van der Waals surface area contributed by atoms with E-state index in [9.17, 15) is 21.6 Å². The SMILES string of the molecule is COc1ccc(NC(=O)CN(c2cc(C)cc(C)c2)S(C)(=O)=O)cc1S(=O)(=O)N1CCCCC1. The molecule has 1 aliphatic heterocycles. The molecule has 2 aromatic rings. The van der Waals surface area contributed by atoms with Gasteiger partial charge in [-0.05, 0) is 68.1 Å². The molecular formula is C23H31N3O6S2. The summed E-state index contributed by atoms with van der Waals surface area (Å²) in [7, 11) is -6.17. The molecule has 1 N–H and O–H groups in total. The number of amides is 1. The van der Waals surface area contributed by atoms with Gasteiger partial charge in [-0.1, -0.05) is 12.5 Å². The summed E-state index contributed by atoms with van der Waals surface area (Å²) >= 11 is 0. The molecule has 0 saturated carbocycles. The van der Waals surface area contributed by atoms with E-state index >= 15 is 0 Å². The lowest BCUT2D eigenvalue weighted by Gasteiger charge is -2.27. The van der Waals surface area contributed by atoms with Crippen LogP contribution in [0.25, 0.3) is 0 Å². The number of ether oxygens (including phenoxy) is 1. The van der Waals surface area contributed by atoms with Gasteiger partial charge in [-0.15, -0.1) is 0 Å². The quantitative estimate of drug-likeness (QED) is 0.586. The van der Waals surface area contributed by atoms with Gasteiger partial charge >= 0.3 is 0 Å². The van der Waals surface area contributed by atoms with Crippen molar-refractivity contribution in [1.29, 1.82) is 0 Å². The summed E-state index contributed by atoms with van der Waals surface area (Å²) in [5.74, 6) is -0.423. The minimum Gasteiger partial charge on any atom is -0.495 e. The van der Waals surface area contributed by atoms with E-state index in [4.69, 9.17) is 4.74 Å². The molecule has 2 aromatic carbocycles. The lowest BCUT2D eigenvalue weighted by atomic mass is 10.1. The van der Waals surface area contributed by atoms with Crippen LogP contribution in [0.1, 0.15) is 30.4 Å². The summed E-state index contributed by atoms with van der Waals surface area (Å²) in [4.78, 5) is 12.8. The number of nitrogens with one attached hydrogen (secondary N) is 1. The molecule has 0 aromatic heterocycles. The molecule has 1 aliphatic rings. The van der Waals surface area contributed by atoms with Gasteiger partial charge in [0.2, 0.25) is 26.0 Å². The van der Waals surface area contributed by atoms with Gasteiger partial charge in [-0.3, -0.25) is 9.10 Å². The van der Waals surface area contributed by atoms with Gasteiger partial charge in [-0.2, -0.15) is 4.31 Å². The van der Waals surface area contributed by atoms with Crippen LogP contribution in [0.5, 0.6) is 5.75 Å². The largest absolute Gasteiger partial charge is 0.495 e. The fraction of sp³-hybridized carbons (Fsp3) is 0.435. The van der Waals surface area contributed by atoms with E-state index in [1.807, 2.05) is 19.9 Å². The maximum absolute atomic E-state index is 13.2. The van der Waals surface area contributed by atoms with E-state index in [2.05, 4.69) is 5.32 Å². The Kier molecular flexibility index (Phi) is 7.89. The average Bonchev–Trinajstić information content (AvgIpc) is 2.76. The van der Waals surface area contributed by atoms with Crippen LogP contribution in [-0.4, -0.2) is 60.0 Å². The number of piperidine rings is 1. The maximum Gasteiger partial charge on any atom is 0.246 e. The van der Waals surface area contributed by atoms with Gasteiger partial charge < -0.3 is 10.1 Å². The van der Waals surface area contributed by atoms with Crippen LogP contribution >= 0.6 is 0 Å². The highest BCUT2D eigenvalue weighted by Crippen LogP contribution is 2.31. The van der Waals surface area contributed by atoms with Crippen LogP contribution in [0.4, 0.5) is 11.4 Å². The van der Waals surface area contributed by atoms with Crippen LogP contribution in [0.3, 0.4) is 0 Å². The second kappa shape index (κ2) is 10.3. The van der Waals surface area contributed by atoms with Gasteiger partial charge in [0.15, 0.2) is 0 Å². The van der Waals surface area contributed by atoms with E-state index < -0.39 is 32.5 Å². The highest BCUT2D eigenvalue weighted by Gasteiger charge is 2.29. The third-order valence-corrected chi connectivity index (χ3v) is 8.62. The van der Waals surface area contributed by atoms with Crippen molar-refractivity contribution in [2.45, 2.75) is 38.0 Å². The molecule has 11 heteroatoms. The summed E-state index contributed by atoms with van der Waals surface area (Å²) in [5.41, 5.74) is 2.35. The van der Waals surface area contributed by atoms with Gasteiger partial charge in [0.25, 0.3) is 0 Å². The number of nitrogens with zero attached hydrogens (tertiary/aromatic N) is 2. The zero-order valence-corrected chi connectivity index (χ0v) is 21.5. The molecule has 0 aliphatic carbocycles. The monoisotopic (exact) mass is 509 g/mol. The Morgan fingerprint density at radius 2 is 1.62 bits per heavy atom. The van der Waals surface area contributed by atoms with Crippen molar-refractivity contribution in [3.05, 3.63) is 47.5 Å². The summed E-state index contributed by atoms with van der Waals surface area (Å²) in [6.45, 7) is 4.10. The fourth-order valence-corrected chi connectivity index (χ4v) is 6.56. The van der Waals surface area contributed by atoms with E-state index in [-0.39, 0.29) is 16.3 Å². The van der Waals surface area contributed by atoms with Crippen LogP contribution in [0, 0.1) is 13.8 Å². The summed E-state index contributed by atoms with van der Waals surface area (Å²) in [6, 6.07) is 9.64. The Morgan fingerprint density at radius 3 is 2.18 bits per heavy atom. The zero-order chi connectivity index (χ0) is 25.1. The minimum atomic E-state index is -3.81. The van der Waals surface area contributed by atoms with Crippen molar-refractivity contribution in [1.82, 2.24) is 4.31 Å². The van der Waals surface area contributed by atoms with E-state index in [0.717, 1.165) is 41.0 Å². The second-order valence-corrected chi connectivity index (χ2v) is 12.3. The number of anilines is 2. The van der Waals surface area contributed by atoms with Crippen LogP contribution < -0.4 is 14.4 Å². The molecule has 0 spiro atoms. The first kappa shape index (κ1) is 26.0. The molecule has 0 atom stereocenters. The standard InChI is InChI=1S/C23H31N3O6S2/c1-17-12-18(2)14-20(13-17)26(33(4,28)29)16-23(27)24-19-8-9-21(32-3)22(15-19)34(30,31)25-10-6-5-7-11-25/h8-9,12-15H,5-7,10-11,16H2,1-4H3,(H,24,27). The lowest BCUT2D eigenvalue weighted by molar-refractivity contribution is -0.114. The molecule has 3 rings (SSSR count). The molecule has 1 amide bonds. The molecule has 34 heavy (non-hydrogen) atoms. The average molecular weight is 510 g/mol. The summed E-state index contributed by atoms with van der Waals surface area (Å²) < 4.78 is 59.0. The van der Waals surface area contributed by atoms with Crippen LogP contribution in [0.15, 0.2) is 41.3 Å². The van der Waals surface area contributed by atoms with Crippen molar-refractivity contribution in [2.75, 3.05) is 42.6 Å². The smallest absolute Gasteiger partial charge is 0.246 e.